The topological polar surface area (TPSA) is 136 Å². The third kappa shape index (κ3) is 11.9. The molecule has 1 rings (SSSR count). The molecule has 0 aromatic heterocycles. The van der Waals surface area contributed by atoms with Crippen LogP contribution in [0.4, 0.5) is 4.79 Å². The van der Waals surface area contributed by atoms with Crippen molar-refractivity contribution in [2.24, 2.45) is 0 Å². The highest BCUT2D eigenvalue weighted by atomic mass is 131. The second kappa shape index (κ2) is 15.5. The van der Waals surface area contributed by atoms with Crippen LogP contribution in [0.3, 0.4) is 0 Å². The molecule has 10 heteroatoms. The van der Waals surface area contributed by atoms with E-state index in [1.807, 2.05) is 24.3 Å². The lowest BCUT2D eigenvalue weighted by Gasteiger charge is -2.19. The van der Waals surface area contributed by atoms with Gasteiger partial charge in [-0.1, -0.05) is 12.1 Å². The van der Waals surface area contributed by atoms with Crippen molar-refractivity contribution in [3.05, 3.63) is 33.4 Å². The number of aliphatic hydroxyl groups is 1. The van der Waals surface area contributed by atoms with Crippen molar-refractivity contribution < 1.29 is 38.6 Å². The van der Waals surface area contributed by atoms with E-state index < -0.39 is 42.4 Å². The van der Waals surface area contributed by atoms with Gasteiger partial charge in [0.05, 0.1) is 13.2 Å². The number of ether oxygens (including phenoxy) is 2. The van der Waals surface area contributed by atoms with Crippen molar-refractivity contribution in [3.63, 3.8) is 0 Å². The van der Waals surface area contributed by atoms with Crippen molar-refractivity contribution in [2.75, 3.05) is 13.7 Å². The fourth-order valence-electron chi connectivity index (χ4n) is 2.99. The molecule has 9 nitrogen and oxygen atoms in total. The normalized spacial score (nSPS) is 12.4. The molecule has 0 heterocycles. The smallest absolute Gasteiger partial charge is 0.408 e. The Bertz CT molecular complexity index is 824. The van der Waals surface area contributed by atoms with Gasteiger partial charge < -0.3 is 19.9 Å². The Labute approximate surface area is 206 Å². The number of ketones is 3. The zero-order valence-corrected chi connectivity index (χ0v) is 21.0. The zero-order chi connectivity index (χ0) is 24.8. The van der Waals surface area contributed by atoms with Crippen molar-refractivity contribution >= 4 is 52.0 Å². The Hall–Kier alpha value is -2.34. The Balaban J connectivity index is 2.52. The molecule has 0 saturated heterocycles. The molecule has 0 spiro atoms. The van der Waals surface area contributed by atoms with Crippen LogP contribution in [0.1, 0.15) is 51.0 Å². The number of halogens is 1. The van der Waals surface area contributed by atoms with Crippen LogP contribution in [-0.2, 0) is 35.1 Å². The molecule has 0 aliphatic rings. The summed E-state index contributed by atoms with van der Waals surface area (Å²) in [6, 6.07) is 7.01. The fraction of sp³-hybridized carbons (Fsp3) is 0.522. The molecule has 0 saturated carbocycles. The monoisotopic (exact) mass is 579 g/mol. The first-order chi connectivity index (χ1) is 15.7. The number of hydrogen-bond donors (Lipinski definition) is 2. The molecule has 0 aliphatic carbocycles. The van der Waals surface area contributed by atoms with Gasteiger partial charge in [-0.25, -0.2) is 4.79 Å². The maximum atomic E-state index is 12.2. The summed E-state index contributed by atoms with van der Waals surface area (Å²) in [6.45, 7) is 0.394. The minimum Gasteiger partial charge on any atom is -0.469 e. The third-order valence-corrected chi connectivity index (χ3v) is 5.65. The molecule has 0 bridgehead atoms. The molecule has 2 atom stereocenters. The van der Waals surface area contributed by atoms with Gasteiger partial charge in [0.1, 0.15) is 12.4 Å². The molecule has 0 radical (unpaired) electrons. The first kappa shape index (κ1) is 28.7. The van der Waals surface area contributed by atoms with Crippen LogP contribution in [0.15, 0.2) is 24.3 Å². The van der Waals surface area contributed by atoms with E-state index in [0.717, 1.165) is 15.6 Å². The van der Waals surface area contributed by atoms with Gasteiger partial charge in [0.25, 0.3) is 0 Å². The Morgan fingerprint density at radius 1 is 1.03 bits per heavy atom. The largest absolute Gasteiger partial charge is 0.469 e. The van der Waals surface area contributed by atoms with Crippen LogP contribution in [0.25, 0.3) is 0 Å². The number of methoxy groups -OCH3 is 1. The quantitative estimate of drug-likeness (QED) is 0.239. The van der Waals surface area contributed by atoms with Crippen LogP contribution < -0.4 is 5.32 Å². The summed E-state index contributed by atoms with van der Waals surface area (Å²) in [5, 5.41) is 11.5. The SMILES string of the molecule is COC(=O)CC[C@H](NC(=O)O[C@@H](CCC(=O)CCCc1ccc([131I])cc1)C(=O)CO)C(C)=O. The van der Waals surface area contributed by atoms with Crippen molar-refractivity contribution in [1.29, 1.82) is 0 Å². The van der Waals surface area contributed by atoms with Gasteiger partial charge >= 0.3 is 12.1 Å². The highest BCUT2D eigenvalue weighted by Gasteiger charge is 2.26. The third-order valence-electron chi connectivity index (χ3n) is 4.93. The van der Waals surface area contributed by atoms with Gasteiger partial charge in [-0.15, -0.1) is 0 Å². The van der Waals surface area contributed by atoms with Gasteiger partial charge in [0.2, 0.25) is 0 Å². The van der Waals surface area contributed by atoms with Gasteiger partial charge in [0, 0.05) is 22.8 Å². The van der Waals surface area contributed by atoms with E-state index >= 15 is 0 Å². The summed E-state index contributed by atoms with van der Waals surface area (Å²) >= 11 is 2.22. The van der Waals surface area contributed by atoms with Crippen LogP contribution in [-0.4, -0.2) is 60.4 Å². The molecule has 182 valence electrons. The summed E-state index contributed by atoms with van der Waals surface area (Å²) in [7, 11) is 1.21. The summed E-state index contributed by atoms with van der Waals surface area (Å²) < 4.78 is 10.7. The van der Waals surface area contributed by atoms with E-state index in [2.05, 4.69) is 32.6 Å². The maximum absolute atomic E-state index is 12.2. The molecule has 0 aliphatic heterocycles. The van der Waals surface area contributed by atoms with Crippen molar-refractivity contribution in [3.8, 4) is 0 Å². The van der Waals surface area contributed by atoms with Crippen LogP contribution in [0, 0.1) is 3.57 Å². The molecular formula is C23H30INO8. The molecular weight excluding hydrogens is 549 g/mol. The summed E-state index contributed by atoms with van der Waals surface area (Å²) in [5.74, 6) is -1.76. The van der Waals surface area contributed by atoms with Crippen LogP contribution >= 0.6 is 22.6 Å². The van der Waals surface area contributed by atoms with E-state index in [0.29, 0.717) is 12.8 Å². The van der Waals surface area contributed by atoms with Crippen LogP contribution in [0.5, 0.6) is 0 Å². The maximum Gasteiger partial charge on any atom is 0.408 e. The van der Waals surface area contributed by atoms with Gasteiger partial charge in [0.15, 0.2) is 17.7 Å². The first-order valence-electron chi connectivity index (χ1n) is 10.6. The number of rotatable bonds is 15. The molecule has 1 aromatic carbocycles. The average molecular weight is 579 g/mol. The Morgan fingerprint density at radius 3 is 2.27 bits per heavy atom. The number of benzene rings is 1. The molecule has 2 N–H and O–H groups in total. The molecule has 33 heavy (non-hydrogen) atoms. The summed E-state index contributed by atoms with van der Waals surface area (Å²) in [6.07, 6.45) is -0.777. The molecule has 1 amide bonds. The first-order valence-corrected chi connectivity index (χ1v) is 11.7. The molecule has 0 unspecified atom stereocenters. The Morgan fingerprint density at radius 2 is 1.70 bits per heavy atom. The zero-order valence-electron chi connectivity index (χ0n) is 18.8. The summed E-state index contributed by atoms with van der Waals surface area (Å²) in [5.41, 5.74) is 1.13. The average Bonchev–Trinajstić information content (AvgIpc) is 2.79. The fourth-order valence-corrected chi connectivity index (χ4v) is 3.35. The lowest BCUT2D eigenvalue weighted by atomic mass is 10.0. The summed E-state index contributed by atoms with van der Waals surface area (Å²) in [4.78, 5) is 59.3. The van der Waals surface area contributed by atoms with E-state index in [4.69, 9.17) is 9.84 Å². The van der Waals surface area contributed by atoms with E-state index in [1.165, 1.54) is 14.0 Å². The standard InChI is InChI=1S/C23H30INO8/c1-15(27)19(11-13-22(30)32-2)25-23(31)33-21(20(29)14-26)12-10-18(28)5-3-4-16-6-8-17(24)9-7-16/h6-9,19,21,26H,3-5,10-14H2,1-2H3,(H,25,31)/t19-,21-/m0/s1/i24+4. The molecule has 1 aromatic rings. The number of nitrogens with one attached hydrogen (secondary N) is 1. The lowest BCUT2D eigenvalue weighted by Crippen LogP contribution is -2.43. The highest BCUT2D eigenvalue weighted by molar-refractivity contribution is 14.1. The highest BCUT2D eigenvalue weighted by Crippen LogP contribution is 2.12. The number of amides is 1. The second-order valence-electron chi connectivity index (χ2n) is 7.50. The van der Waals surface area contributed by atoms with Crippen molar-refractivity contribution in [1.82, 2.24) is 5.32 Å². The van der Waals surface area contributed by atoms with Gasteiger partial charge in [-0.05, 0) is 72.9 Å². The van der Waals surface area contributed by atoms with Gasteiger partial charge in [-0.3, -0.25) is 19.2 Å². The number of hydrogen-bond acceptors (Lipinski definition) is 8. The molecule has 0 fully saturated rings. The number of carbonyl (C=O) groups excluding carboxylic acids is 5. The van der Waals surface area contributed by atoms with Crippen LogP contribution in [0.2, 0.25) is 0 Å². The lowest BCUT2D eigenvalue weighted by molar-refractivity contribution is -0.140. The number of aliphatic hydroxyl groups excluding tert-OH is 1. The Kier molecular flexibility index (Phi) is 13.5. The number of Topliss-reactive ketones (excluding diaryl/α,β-unsaturated/α-hetero) is 3. The minimum atomic E-state index is -1.32. The number of aryl methyl sites for hydroxylation is 1. The van der Waals surface area contributed by atoms with Crippen molar-refractivity contribution in [2.45, 2.75) is 64.0 Å². The minimum absolute atomic E-state index is 0.00870. The van der Waals surface area contributed by atoms with E-state index in [-0.39, 0.29) is 31.5 Å². The second-order valence-corrected chi connectivity index (χ2v) is 8.74. The predicted molar refractivity (Wildman–Crippen MR) is 128 cm³/mol. The number of esters is 1. The predicted octanol–water partition coefficient (Wildman–Crippen LogP) is 2.53. The number of alkyl carbamates (subject to hydrolysis) is 1. The number of carbonyl (C=O) groups is 5. The van der Waals surface area contributed by atoms with Gasteiger partial charge in [-0.2, -0.15) is 0 Å². The van der Waals surface area contributed by atoms with E-state index in [9.17, 15) is 24.0 Å². The van der Waals surface area contributed by atoms with E-state index in [1.54, 1.807) is 0 Å².